The van der Waals surface area contributed by atoms with E-state index in [4.69, 9.17) is 0 Å². The molecule has 1 aliphatic rings. The summed E-state index contributed by atoms with van der Waals surface area (Å²) in [5, 5.41) is 9.37. The number of hydrogen-bond donors (Lipinski definition) is 1. The van der Waals surface area contributed by atoms with Gasteiger partial charge in [-0.3, -0.25) is 14.7 Å². The molecule has 1 aromatic heterocycles. The van der Waals surface area contributed by atoms with Crippen molar-refractivity contribution in [1.82, 2.24) is 9.88 Å². The van der Waals surface area contributed by atoms with Gasteiger partial charge in [-0.2, -0.15) is 0 Å². The molecule has 1 aromatic carbocycles. The zero-order chi connectivity index (χ0) is 18.7. The number of carboxylic acid groups (broad SMARTS) is 1. The molecule has 1 fully saturated rings. The van der Waals surface area contributed by atoms with Gasteiger partial charge in [-0.05, 0) is 43.5 Å². The van der Waals surface area contributed by atoms with E-state index in [1.807, 2.05) is 24.0 Å². The fourth-order valence-corrected chi connectivity index (χ4v) is 3.52. The third-order valence-corrected chi connectivity index (χ3v) is 4.96. The Morgan fingerprint density at radius 2 is 2.15 bits per heavy atom. The number of carbonyl (C=O) groups is 1. The van der Waals surface area contributed by atoms with Crippen molar-refractivity contribution in [1.29, 1.82) is 0 Å². The van der Waals surface area contributed by atoms with Gasteiger partial charge >= 0.3 is 5.97 Å². The molecule has 0 amide bonds. The van der Waals surface area contributed by atoms with E-state index in [-0.39, 0.29) is 0 Å². The number of pyridine rings is 1. The molecule has 26 heavy (non-hydrogen) atoms. The molecule has 1 aliphatic heterocycles. The van der Waals surface area contributed by atoms with Crippen LogP contribution >= 0.6 is 0 Å². The molecule has 1 N–H and O–H groups in total. The van der Waals surface area contributed by atoms with E-state index in [2.05, 4.69) is 4.98 Å². The van der Waals surface area contributed by atoms with Crippen LogP contribution in [0, 0.1) is 17.6 Å². The highest BCUT2D eigenvalue weighted by Gasteiger charge is 2.33. The number of likely N-dealkylation sites (tertiary alicyclic amines) is 1. The summed E-state index contributed by atoms with van der Waals surface area (Å²) in [6, 6.07) is 6.76. The highest BCUT2D eigenvalue weighted by atomic mass is 19.1. The standard InChI is InChI=1S/C20H22F2N2O2/c1-2-13-5-8-18(23-11-13)19(16-7-6-15(21)10-17(16)22)24-9-3-4-14(12-24)20(25)26/h5-8,10-11,14,19H,2-4,9,12H2,1H3,(H,25,26). The number of aryl methyl sites for hydroxylation is 1. The number of rotatable bonds is 5. The molecule has 2 unspecified atom stereocenters. The van der Waals surface area contributed by atoms with Crippen molar-refractivity contribution in [3.63, 3.8) is 0 Å². The summed E-state index contributed by atoms with van der Waals surface area (Å²) in [6.07, 6.45) is 3.91. The van der Waals surface area contributed by atoms with Crippen molar-refractivity contribution >= 4 is 5.97 Å². The maximum Gasteiger partial charge on any atom is 0.307 e. The van der Waals surface area contributed by atoms with Gasteiger partial charge in [-0.1, -0.05) is 19.1 Å². The van der Waals surface area contributed by atoms with E-state index in [1.54, 1.807) is 6.20 Å². The molecule has 1 saturated heterocycles. The van der Waals surface area contributed by atoms with Crippen LogP contribution in [0.5, 0.6) is 0 Å². The fraction of sp³-hybridized carbons (Fsp3) is 0.400. The molecule has 0 radical (unpaired) electrons. The van der Waals surface area contributed by atoms with Crippen LogP contribution in [0.4, 0.5) is 8.78 Å². The van der Waals surface area contributed by atoms with E-state index in [9.17, 15) is 18.7 Å². The number of benzene rings is 1. The molecule has 0 aliphatic carbocycles. The molecule has 6 heteroatoms. The first-order chi connectivity index (χ1) is 12.5. The van der Waals surface area contributed by atoms with Gasteiger partial charge in [0.1, 0.15) is 11.6 Å². The third-order valence-electron chi connectivity index (χ3n) is 4.96. The average molecular weight is 360 g/mol. The lowest BCUT2D eigenvalue weighted by Gasteiger charge is -2.37. The molecule has 3 rings (SSSR count). The van der Waals surface area contributed by atoms with Crippen LogP contribution in [0.1, 0.15) is 42.6 Å². The second kappa shape index (κ2) is 7.91. The van der Waals surface area contributed by atoms with E-state index < -0.39 is 29.6 Å². The molecule has 2 heterocycles. The van der Waals surface area contributed by atoms with Crippen LogP contribution in [0.25, 0.3) is 0 Å². The Morgan fingerprint density at radius 3 is 2.77 bits per heavy atom. The van der Waals surface area contributed by atoms with Crippen molar-refractivity contribution in [3.05, 3.63) is 65.0 Å². The summed E-state index contributed by atoms with van der Waals surface area (Å²) >= 11 is 0. The summed E-state index contributed by atoms with van der Waals surface area (Å²) < 4.78 is 27.9. The molecule has 0 bridgehead atoms. The number of halogens is 2. The zero-order valence-corrected chi connectivity index (χ0v) is 14.7. The highest BCUT2D eigenvalue weighted by molar-refractivity contribution is 5.70. The fourth-order valence-electron chi connectivity index (χ4n) is 3.52. The topological polar surface area (TPSA) is 53.4 Å². The minimum atomic E-state index is -0.845. The lowest BCUT2D eigenvalue weighted by Crippen LogP contribution is -2.41. The van der Waals surface area contributed by atoms with Crippen LogP contribution in [0.2, 0.25) is 0 Å². The Hall–Kier alpha value is -2.34. The summed E-state index contributed by atoms with van der Waals surface area (Å²) in [5.41, 5.74) is 2.02. The quantitative estimate of drug-likeness (QED) is 0.881. The largest absolute Gasteiger partial charge is 0.481 e. The van der Waals surface area contributed by atoms with E-state index >= 15 is 0 Å². The molecule has 2 aromatic rings. The van der Waals surface area contributed by atoms with Gasteiger partial charge in [0, 0.05) is 24.4 Å². The lowest BCUT2D eigenvalue weighted by atomic mass is 9.93. The third kappa shape index (κ3) is 3.90. The predicted octanol–water partition coefficient (Wildman–Crippen LogP) is 3.81. The predicted molar refractivity (Wildman–Crippen MR) is 93.7 cm³/mol. The first-order valence-corrected chi connectivity index (χ1v) is 8.86. The number of carboxylic acids is 1. The SMILES string of the molecule is CCc1ccc(C(c2ccc(F)cc2F)N2CCCC(C(=O)O)C2)nc1. The zero-order valence-electron chi connectivity index (χ0n) is 14.7. The molecular formula is C20H22F2N2O2. The average Bonchev–Trinajstić information content (AvgIpc) is 2.64. The highest BCUT2D eigenvalue weighted by Crippen LogP contribution is 2.33. The molecule has 0 spiro atoms. The van der Waals surface area contributed by atoms with Crippen LogP contribution in [0.15, 0.2) is 36.5 Å². The number of aliphatic carboxylic acids is 1. The van der Waals surface area contributed by atoms with Gasteiger partial charge in [0.15, 0.2) is 0 Å². The van der Waals surface area contributed by atoms with Crippen molar-refractivity contribution in [2.45, 2.75) is 32.2 Å². The van der Waals surface area contributed by atoms with E-state index in [0.717, 1.165) is 18.1 Å². The Kier molecular flexibility index (Phi) is 5.61. The second-order valence-electron chi connectivity index (χ2n) is 6.69. The maximum absolute atomic E-state index is 14.5. The Balaban J connectivity index is 2.01. The molecule has 4 nitrogen and oxygen atoms in total. The molecule has 0 saturated carbocycles. The minimum absolute atomic E-state index is 0.314. The minimum Gasteiger partial charge on any atom is -0.481 e. The number of nitrogens with zero attached hydrogens (tertiary/aromatic N) is 2. The van der Waals surface area contributed by atoms with Crippen LogP contribution in [-0.2, 0) is 11.2 Å². The second-order valence-corrected chi connectivity index (χ2v) is 6.69. The van der Waals surface area contributed by atoms with Gasteiger partial charge in [-0.25, -0.2) is 8.78 Å². The van der Waals surface area contributed by atoms with Crippen molar-refractivity contribution < 1.29 is 18.7 Å². The molecular weight excluding hydrogens is 338 g/mol. The number of aromatic nitrogens is 1. The van der Waals surface area contributed by atoms with Gasteiger partial charge in [0.2, 0.25) is 0 Å². The molecule has 138 valence electrons. The summed E-state index contributed by atoms with van der Waals surface area (Å²) in [6.45, 7) is 2.98. The number of piperidine rings is 1. The van der Waals surface area contributed by atoms with Gasteiger partial charge in [0.25, 0.3) is 0 Å². The molecule has 2 atom stereocenters. The van der Waals surface area contributed by atoms with Crippen molar-refractivity contribution in [2.24, 2.45) is 5.92 Å². The number of hydrogen-bond acceptors (Lipinski definition) is 3. The Labute approximate surface area is 151 Å². The first-order valence-electron chi connectivity index (χ1n) is 8.86. The lowest BCUT2D eigenvalue weighted by molar-refractivity contribution is -0.143. The maximum atomic E-state index is 14.5. The summed E-state index contributed by atoms with van der Waals surface area (Å²) in [4.78, 5) is 17.8. The van der Waals surface area contributed by atoms with Crippen LogP contribution in [0.3, 0.4) is 0 Å². The smallest absolute Gasteiger partial charge is 0.307 e. The van der Waals surface area contributed by atoms with Crippen molar-refractivity contribution in [2.75, 3.05) is 13.1 Å². The Bertz CT molecular complexity index is 780. The Morgan fingerprint density at radius 1 is 1.35 bits per heavy atom. The van der Waals surface area contributed by atoms with Crippen LogP contribution in [-0.4, -0.2) is 34.0 Å². The van der Waals surface area contributed by atoms with Gasteiger partial charge in [-0.15, -0.1) is 0 Å². The normalized spacial score (nSPS) is 19.3. The van der Waals surface area contributed by atoms with Gasteiger partial charge in [0.05, 0.1) is 17.7 Å². The first kappa shape index (κ1) is 18.5. The van der Waals surface area contributed by atoms with E-state index in [1.165, 1.54) is 12.1 Å². The van der Waals surface area contributed by atoms with Crippen LogP contribution < -0.4 is 0 Å². The summed E-state index contributed by atoms with van der Waals surface area (Å²) in [7, 11) is 0. The summed E-state index contributed by atoms with van der Waals surface area (Å²) in [5.74, 6) is -2.62. The van der Waals surface area contributed by atoms with Crippen molar-refractivity contribution in [3.8, 4) is 0 Å². The van der Waals surface area contributed by atoms with Gasteiger partial charge < -0.3 is 5.11 Å². The van der Waals surface area contributed by atoms with E-state index in [0.29, 0.717) is 37.2 Å². The monoisotopic (exact) mass is 360 g/mol.